The maximum absolute atomic E-state index is 4.77. The topological polar surface area (TPSA) is 55.6 Å². The summed E-state index contributed by atoms with van der Waals surface area (Å²) in [7, 11) is 0. The van der Waals surface area contributed by atoms with Crippen LogP contribution in [0.4, 0.5) is 0 Å². The van der Waals surface area contributed by atoms with Crippen molar-refractivity contribution in [1.29, 1.82) is 0 Å². The van der Waals surface area contributed by atoms with Gasteiger partial charge in [-0.1, -0.05) is 60.2 Å². The minimum Gasteiger partial charge on any atom is -0.317 e. The first-order chi connectivity index (χ1) is 12.3. The summed E-state index contributed by atoms with van der Waals surface area (Å²) >= 11 is 0. The van der Waals surface area contributed by atoms with E-state index in [2.05, 4.69) is 77.1 Å². The van der Waals surface area contributed by atoms with E-state index in [4.69, 9.17) is 5.10 Å². The normalized spacial score (nSPS) is 16.7. The van der Waals surface area contributed by atoms with Crippen LogP contribution in [-0.2, 0) is 12.0 Å². The number of nitrogens with one attached hydrogen (secondary N) is 1. The zero-order chi connectivity index (χ0) is 17.1. The van der Waals surface area contributed by atoms with E-state index in [9.17, 15) is 0 Å². The third-order valence-corrected chi connectivity index (χ3v) is 5.11. The Hall–Kier alpha value is -2.53. The van der Waals surface area contributed by atoms with Gasteiger partial charge in [0.25, 0.3) is 0 Å². The van der Waals surface area contributed by atoms with Crippen molar-refractivity contribution < 1.29 is 0 Å². The predicted octanol–water partition coefficient (Wildman–Crippen LogP) is 2.70. The number of aromatic nitrogens is 4. The van der Waals surface area contributed by atoms with Crippen LogP contribution in [0.3, 0.4) is 0 Å². The summed E-state index contributed by atoms with van der Waals surface area (Å²) in [4.78, 5) is 1.72. The molecule has 1 aliphatic rings. The molecule has 0 amide bonds. The highest BCUT2D eigenvalue weighted by Gasteiger charge is 2.39. The van der Waals surface area contributed by atoms with E-state index in [1.165, 1.54) is 16.7 Å². The van der Waals surface area contributed by atoms with Crippen molar-refractivity contribution in [3.8, 4) is 0 Å². The summed E-state index contributed by atoms with van der Waals surface area (Å²) in [5.74, 6) is 0.840. The molecule has 2 heterocycles. The van der Waals surface area contributed by atoms with Crippen molar-refractivity contribution in [1.82, 2.24) is 25.5 Å². The molecule has 2 aromatic carbocycles. The Morgan fingerprint density at radius 3 is 2.44 bits per heavy atom. The number of tetrazole rings is 1. The van der Waals surface area contributed by atoms with Crippen molar-refractivity contribution in [2.45, 2.75) is 31.7 Å². The third-order valence-electron chi connectivity index (χ3n) is 5.11. The first-order valence-corrected chi connectivity index (χ1v) is 8.86. The van der Waals surface area contributed by atoms with Gasteiger partial charge in [-0.05, 0) is 49.2 Å². The Bertz CT molecular complexity index is 817. The Morgan fingerprint density at radius 1 is 1.00 bits per heavy atom. The second-order valence-corrected chi connectivity index (χ2v) is 6.83. The average molecular weight is 333 g/mol. The van der Waals surface area contributed by atoms with Crippen LogP contribution in [0.5, 0.6) is 0 Å². The molecule has 0 unspecified atom stereocenters. The second kappa shape index (κ2) is 6.76. The van der Waals surface area contributed by atoms with E-state index in [-0.39, 0.29) is 5.41 Å². The van der Waals surface area contributed by atoms with Crippen molar-refractivity contribution in [2.75, 3.05) is 13.1 Å². The number of benzene rings is 2. The van der Waals surface area contributed by atoms with Crippen molar-refractivity contribution in [3.05, 3.63) is 77.1 Å². The smallest absolute Gasteiger partial charge is 0.185 e. The number of hydrogen-bond donors (Lipinski definition) is 1. The summed E-state index contributed by atoms with van der Waals surface area (Å²) in [5.41, 5.74) is 3.59. The number of rotatable bonds is 4. The largest absolute Gasteiger partial charge is 0.317 e. The van der Waals surface area contributed by atoms with Gasteiger partial charge in [-0.15, -0.1) is 10.2 Å². The molecule has 1 N–H and O–H groups in total. The third kappa shape index (κ3) is 3.20. The van der Waals surface area contributed by atoms with Gasteiger partial charge in [0, 0.05) is 0 Å². The fourth-order valence-electron chi connectivity index (χ4n) is 3.61. The minimum absolute atomic E-state index is 0.141. The Morgan fingerprint density at radius 2 is 1.72 bits per heavy atom. The Balaban J connectivity index is 1.65. The second-order valence-electron chi connectivity index (χ2n) is 6.83. The first-order valence-electron chi connectivity index (χ1n) is 8.86. The van der Waals surface area contributed by atoms with E-state index in [1.807, 2.05) is 0 Å². The maximum atomic E-state index is 4.77. The average Bonchev–Trinajstić information content (AvgIpc) is 3.14. The Labute approximate surface area is 148 Å². The number of nitrogens with zero attached hydrogens (tertiary/aromatic N) is 4. The quantitative estimate of drug-likeness (QED) is 0.797. The minimum atomic E-state index is -0.141. The highest BCUT2D eigenvalue weighted by Crippen LogP contribution is 2.37. The van der Waals surface area contributed by atoms with Crippen LogP contribution in [0.15, 0.2) is 54.6 Å². The van der Waals surface area contributed by atoms with E-state index < -0.39 is 0 Å². The van der Waals surface area contributed by atoms with Gasteiger partial charge in [-0.25, -0.2) is 0 Å². The van der Waals surface area contributed by atoms with Crippen LogP contribution in [0.1, 0.15) is 35.4 Å². The molecule has 128 valence electrons. The van der Waals surface area contributed by atoms with Crippen LogP contribution in [0.25, 0.3) is 0 Å². The van der Waals surface area contributed by atoms with E-state index in [0.29, 0.717) is 6.54 Å². The summed E-state index contributed by atoms with van der Waals surface area (Å²) < 4.78 is 0. The molecule has 0 spiro atoms. The number of hydrogen-bond acceptors (Lipinski definition) is 4. The highest BCUT2D eigenvalue weighted by molar-refractivity contribution is 5.33. The van der Waals surface area contributed by atoms with Crippen LogP contribution in [-0.4, -0.2) is 33.3 Å². The lowest BCUT2D eigenvalue weighted by molar-refractivity contribution is 0.344. The predicted molar refractivity (Wildman–Crippen MR) is 97.4 cm³/mol. The molecule has 5 heteroatoms. The zero-order valence-electron chi connectivity index (χ0n) is 14.5. The molecule has 0 atom stereocenters. The van der Waals surface area contributed by atoms with Crippen LogP contribution in [0.2, 0.25) is 0 Å². The van der Waals surface area contributed by atoms with Gasteiger partial charge in [0.2, 0.25) is 0 Å². The van der Waals surface area contributed by atoms with Gasteiger partial charge in [0.05, 0.1) is 12.0 Å². The van der Waals surface area contributed by atoms with Gasteiger partial charge < -0.3 is 5.32 Å². The molecule has 0 saturated carbocycles. The van der Waals surface area contributed by atoms with Gasteiger partial charge in [-0.2, -0.15) is 4.80 Å². The van der Waals surface area contributed by atoms with E-state index in [1.54, 1.807) is 4.80 Å². The molecular formula is C20H23N5. The molecule has 3 aromatic rings. The molecule has 1 aromatic heterocycles. The van der Waals surface area contributed by atoms with Gasteiger partial charge in [0.15, 0.2) is 5.82 Å². The molecule has 0 bridgehead atoms. The lowest BCUT2D eigenvalue weighted by Gasteiger charge is -2.35. The van der Waals surface area contributed by atoms with Crippen molar-refractivity contribution >= 4 is 0 Å². The molecule has 0 aliphatic carbocycles. The van der Waals surface area contributed by atoms with Crippen molar-refractivity contribution in [2.24, 2.45) is 0 Å². The lowest BCUT2D eigenvalue weighted by Crippen LogP contribution is -2.41. The number of piperidine rings is 1. The van der Waals surface area contributed by atoms with E-state index in [0.717, 1.165) is 31.8 Å². The highest BCUT2D eigenvalue weighted by atomic mass is 15.6. The summed E-state index contributed by atoms with van der Waals surface area (Å²) in [6.07, 6.45) is 1.99. The SMILES string of the molecule is Cc1ccc(Cn2nnc(C3(c4ccccc4)CCNCC3)n2)cc1. The summed E-state index contributed by atoms with van der Waals surface area (Å²) in [5, 5.41) is 17.0. The maximum Gasteiger partial charge on any atom is 0.185 e. The molecule has 5 nitrogen and oxygen atoms in total. The summed E-state index contributed by atoms with van der Waals surface area (Å²) in [6.45, 7) is 4.69. The summed E-state index contributed by atoms with van der Waals surface area (Å²) in [6, 6.07) is 19.1. The molecule has 1 fully saturated rings. The standard InChI is InChI=1S/C20H23N5/c1-16-7-9-17(10-8-16)15-25-23-19(22-24-25)20(11-13-21-14-12-20)18-5-3-2-4-6-18/h2-10,21H,11-15H2,1H3. The van der Waals surface area contributed by atoms with E-state index >= 15 is 0 Å². The van der Waals surface area contributed by atoms with Crippen LogP contribution >= 0.6 is 0 Å². The lowest BCUT2D eigenvalue weighted by atomic mass is 9.72. The monoisotopic (exact) mass is 333 g/mol. The fourth-order valence-corrected chi connectivity index (χ4v) is 3.61. The van der Waals surface area contributed by atoms with Gasteiger partial charge in [0.1, 0.15) is 0 Å². The van der Waals surface area contributed by atoms with Crippen LogP contribution < -0.4 is 5.32 Å². The molecule has 0 radical (unpaired) electrons. The van der Waals surface area contributed by atoms with Crippen LogP contribution in [0, 0.1) is 6.92 Å². The van der Waals surface area contributed by atoms with Gasteiger partial charge in [-0.3, -0.25) is 0 Å². The molecule has 1 saturated heterocycles. The number of aryl methyl sites for hydroxylation is 1. The van der Waals surface area contributed by atoms with Crippen molar-refractivity contribution in [3.63, 3.8) is 0 Å². The fraction of sp³-hybridized carbons (Fsp3) is 0.350. The van der Waals surface area contributed by atoms with Gasteiger partial charge >= 0.3 is 0 Å². The zero-order valence-corrected chi connectivity index (χ0v) is 14.5. The Kier molecular flexibility index (Phi) is 4.32. The molecule has 1 aliphatic heterocycles. The molecule has 25 heavy (non-hydrogen) atoms. The first kappa shape index (κ1) is 16.0. The molecular weight excluding hydrogens is 310 g/mol. The molecule has 4 rings (SSSR count).